The predicted molar refractivity (Wildman–Crippen MR) is 69.1 cm³/mol. The Morgan fingerprint density at radius 2 is 1.94 bits per heavy atom. The first-order valence-electron chi connectivity index (χ1n) is 5.77. The molecule has 0 atom stereocenters. The third-order valence-corrected chi connectivity index (χ3v) is 2.76. The van der Waals surface area contributed by atoms with Crippen LogP contribution >= 0.6 is 0 Å². The molecule has 0 spiro atoms. The molecular formula is C12H21N5. The quantitative estimate of drug-likeness (QED) is 0.763. The van der Waals surface area contributed by atoms with E-state index in [1.165, 1.54) is 0 Å². The van der Waals surface area contributed by atoms with E-state index in [-0.39, 0.29) is 0 Å². The predicted octanol–water partition coefficient (Wildman–Crippen LogP) is 0.988. The number of nitrogens with zero attached hydrogens (tertiary/aromatic N) is 5. The van der Waals surface area contributed by atoms with Gasteiger partial charge in [0.1, 0.15) is 17.5 Å². The Morgan fingerprint density at radius 1 is 1.29 bits per heavy atom. The number of aromatic nitrogens is 2. The van der Waals surface area contributed by atoms with Crippen LogP contribution in [0.15, 0.2) is 0 Å². The maximum absolute atomic E-state index is 9.14. The van der Waals surface area contributed by atoms with E-state index in [0.29, 0.717) is 5.56 Å². The molecule has 0 N–H and O–H groups in total. The van der Waals surface area contributed by atoms with Crippen molar-refractivity contribution in [3.63, 3.8) is 0 Å². The van der Waals surface area contributed by atoms with E-state index in [0.717, 1.165) is 31.0 Å². The average molecular weight is 235 g/mol. The number of anilines is 1. The molecule has 0 fully saturated rings. The summed E-state index contributed by atoms with van der Waals surface area (Å²) in [7, 11) is 8.02. The maximum atomic E-state index is 9.14. The lowest BCUT2D eigenvalue weighted by Crippen LogP contribution is -2.25. The Balaban J connectivity index is 2.75. The number of hydrogen-bond donors (Lipinski definition) is 0. The largest absolute Gasteiger partial charge is 0.359 e. The molecule has 1 heterocycles. The van der Waals surface area contributed by atoms with Crippen molar-refractivity contribution in [1.29, 1.82) is 5.26 Å². The molecule has 5 nitrogen and oxygen atoms in total. The monoisotopic (exact) mass is 235 g/mol. The van der Waals surface area contributed by atoms with Gasteiger partial charge >= 0.3 is 0 Å². The van der Waals surface area contributed by atoms with Crippen molar-refractivity contribution in [3.8, 4) is 6.07 Å². The second-order valence-electron chi connectivity index (χ2n) is 4.60. The van der Waals surface area contributed by atoms with Crippen molar-refractivity contribution >= 4 is 5.82 Å². The number of rotatable bonds is 5. The zero-order valence-electron chi connectivity index (χ0n) is 11.4. The Morgan fingerprint density at radius 3 is 2.47 bits per heavy atom. The van der Waals surface area contributed by atoms with Crippen LogP contribution in [0.2, 0.25) is 0 Å². The smallest absolute Gasteiger partial charge is 0.144 e. The molecule has 1 rings (SSSR count). The minimum absolute atomic E-state index is 0.680. The van der Waals surface area contributed by atoms with Gasteiger partial charge in [-0.3, -0.25) is 4.68 Å². The van der Waals surface area contributed by atoms with Gasteiger partial charge in [0.05, 0.1) is 5.69 Å². The van der Waals surface area contributed by atoms with Gasteiger partial charge in [-0.1, -0.05) is 0 Å². The highest BCUT2D eigenvalue weighted by Crippen LogP contribution is 2.20. The van der Waals surface area contributed by atoms with Gasteiger partial charge in [0.15, 0.2) is 0 Å². The Kier molecular flexibility index (Phi) is 4.53. The fraction of sp³-hybridized carbons (Fsp3) is 0.667. The van der Waals surface area contributed by atoms with Gasteiger partial charge in [0.2, 0.25) is 0 Å². The van der Waals surface area contributed by atoms with Gasteiger partial charge in [0.25, 0.3) is 0 Å². The summed E-state index contributed by atoms with van der Waals surface area (Å²) in [6.45, 7) is 3.84. The zero-order valence-corrected chi connectivity index (χ0v) is 11.4. The van der Waals surface area contributed by atoms with Gasteiger partial charge in [-0.15, -0.1) is 0 Å². The summed E-state index contributed by atoms with van der Waals surface area (Å²) in [4.78, 5) is 4.26. The van der Waals surface area contributed by atoms with Crippen LogP contribution in [0.3, 0.4) is 0 Å². The van der Waals surface area contributed by atoms with Crippen LogP contribution < -0.4 is 4.90 Å². The molecule has 0 aromatic carbocycles. The van der Waals surface area contributed by atoms with Crippen molar-refractivity contribution in [2.24, 2.45) is 7.05 Å². The normalized spacial score (nSPS) is 10.6. The Bertz CT molecular complexity index is 413. The molecule has 0 amide bonds. The van der Waals surface area contributed by atoms with E-state index in [1.54, 1.807) is 4.68 Å². The first-order valence-corrected chi connectivity index (χ1v) is 5.77. The summed E-state index contributed by atoms with van der Waals surface area (Å²) >= 11 is 0. The van der Waals surface area contributed by atoms with Crippen LogP contribution in [0.25, 0.3) is 0 Å². The summed E-state index contributed by atoms with van der Waals surface area (Å²) in [6.07, 6.45) is 1.07. The minimum atomic E-state index is 0.680. The highest BCUT2D eigenvalue weighted by molar-refractivity contribution is 5.56. The Labute approximate surface area is 103 Å². The van der Waals surface area contributed by atoms with Crippen molar-refractivity contribution in [1.82, 2.24) is 14.7 Å². The second kappa shape index (κ2) is 5.69. The molecule has 0 radical (unpaired) electrons. The molecule has 0 unspecified atom stereocenters. The molecule has 0 bridgehead atoms. The molecular weight excluding hydrogens is 214 g/mol. The molecule has 1 aromatic heterocycles. The van der Waals surface area contributed by atoms with E-state index in [9.17, 15) is 0 Å². The molecule has 0 aliphatic rings. The SMILES string of the molecule is Cc1nn(C)c(N(C)CCCN(C)C)c1C#N. The topological polar surface area (TPSA) is 48.1 Å². The standard InChI is InChI=1S/C12H21N5/c1-10-11(9-13)12(17(5)14-10)16(4)8-6-7-15(2)3/h6-8H2,1-5H3. The third kappa shape index (κ3) is 3.21. The first-order chi connectivity index (χ1) is 7.97. The van der Waals surface area contributed by atoms with Crippen molar-refractivity contribution in [3.05, 3.63) is 11.3 Å². The highest BCUT2D eigenvalue weighted by Gasteiger charge is 2.16. The second-order valence-corrected chi connectivity index (χ2v) is 4.60. The minimum Gasteiger partial charge on any atom is -0.359 e. The summed E-state index contributed by atoms with van der Waals surface area (Å²) in [5, 5.41) is 13.4. The van der Waals surface area contributed by atoms with E-state index in [1.807, 2.05) is 21.0 Å². The van der Waals surface area contributed by atoms with Crippen LogP contribution in [0.5, 0.6) is 0 Å². The summed E-state index contributed by atoms with van der Waals surface area (Å²) < 4.78 is 1.78. The van der Waals surface area contributed by atoms with Crippen LogP contribution in [-0.2, 0) is 7.05 Å². The molecule has 0 aliphatic carbocycles. The fourth-order valence-corrected chi connectivity index (χ4v) is 1.94. The molecule has 5 heteroatoms. The van der Waals surface area contributed by atoms with Crippen LogP contribution in [0, 0.1) is 18.3 Å². The van der Waals surface area contributed by atoms with Gasteiger partial charge < -0.3 is 9.80 Å². The Hall–Kier alpha value is -1.54. The summed E-state index contributed by atoms with van der Waals surface area (Å²) in [5.41, 5.74) is 1.48. The van der Waals surface area contributed by atoms with Crippen LogP contribution in [0.4, 0.5) is 5.82 Å². The van der Waals surface area contributed by atoms with E-state index in [4.69, 9.17) is 5.26 Å². The van der Waals surface area contributed by atoms with Gasteiger partial charge in [-0.25, -0.2) is 0 Å². The van der Waals surface area contributed by atoms with Crippen LogP contribution in [0.1, 0.15) is 17.7 Å². The summed E-state index contributed by atoms with van der Waals surface area (Å²) in [5.74, 6) is 0.906. The van der Waals surface area contributed by atoms with Crippen LogP contribution in [-0.4, -0.2) is 48.9 Å². The van der Waals surface area contributed by atoms with Gasteiger partial charge in [0, 0.05) is 20.6 Å². The lowest BCUT2D eigenvalue weighted by Gasteiger charge is -2.20. The average Bonchev–Trinajstić information content (AvgIpc) is 2.52. The van der Waals surface area contributed by atoms with Crippen molar-refractivity contribution in [2.75, 3.05) is 39.1 Å². The zero-order chi connectivity index (χ0) is 13.0. The number of hydrogen-bond acceptors (Lipinski definition) is 4. The molecule has 0 saturated carbocycles. The molecule has 0 saturated heterocycles. The third-order valence-electron chi connectivity index (χ3n) is 2.76. The molecule has 1 aromatic rings. The first kappa shape index (κ1) is 13.5. The van der Waals surface area contributed by atoms with Crippen molar-refractivity contribution in [2.45, 2.75) is 13.3 Å². The molecule has 0 aliphatic heterocycles. The van der Waals surface area contributed by atoms with Gasteiger partial charge in [-0.05, 0) is 34.0 Å². The molecule has 17 heavy (non-hydrogen) atoms. The summed E-state index contributed by atoms with van der Waals surface area (Å²) in [6, 6.07) is 2.23. The maximum Gasteiger partial charge on any atom is 0.144 e. The van der Waals surface area contributed by atoms with E-state index >= 15 is 0 Å². The lowest BCUT2D eigenvalue weighted by atomic mass is 10.2. The highest BCUT2D eigenvalue weighted by atomic mass is 15.4. The number of nitriles is 1. The van der Waals surface area contributed by atoms with E-state index < -0.39 is 0 Å². The van der Waals surface area contributed by atoms with Crippen molar-refractivity contribution < 1.29 is 0 Å². The van der Waals surface area contributed by atoms with E-state index in [2.05, 4.69) is 35.1 Å². The van der Waals surface area contributed by atoms with Gasteiger partial charge in [-0.2, -0.15) is 10.4 Å². The lowest BCUT2D eigenvalue weighted by molar-refractivity contribution is 0.401. The molecule has 94 valence electrons. The number of aryl methyl sites for hydroxylation is 2. The fourth-order valence-electron chi connectivity index (χ4n) is 1.94.